The normalized spacial score (nSPS) is 10.1. The minimum Gasteiger partial charge on any atom is -0.493 e. The number of anilines is 1. The Hall–Kier alpha value is -2.69. The lowest BCUT2D eigenvalue weighted by atomic mass is 10.1. The molecule has 0 aliphatic heterocycles. The van der Waals surface area contributed by atoms with Crippen LogP contribution in [0.1, 0.15) is 21.5 Å². The van der Waals surface area contributed by atoms with Crippen LogP contribution in [0.4, 0.5) is 5.69 Å². The predicted molar refractivity (Wildman–Crippen MR) is 90.0 cm³/mol. The highest BCUT2D eigenvalue weighted by Crippen LogP contribution is 2.38. The molecule has 0 saturated heterocycles. The second kappa shape index (κ2) is 7.05. The molecule has 122 valence electrons. The minimum absolute atomic E-state index is 0.241. The van der Waals surface area contributed by atoms with Crippen molar-refractivity contribution < 1.29 is 19.0 Å². The number of benzene rings is 2. The van der Waals surface area contributed by atoms with E-state index in [1.54, 1.807) is 12.1 Å². The molecule has 0 aliphatic rings. The largest absolute Gasteiger partial charge is 0.493 e. The Kier molecular flexibility index (Phi) is 5.11. The zero-order chi connectivity index (χ0) is 17.0. The Balaban J connectivity index is 2.35. The Bertz CT molecular complexity index is 680. The molecule has 1 N–H and O–H groups in total. The van der Waals surface area contributed by atoms with Crippen LogP contribution in [0.2, 0.25) is 0 Å². The van der Waals surface area contributed by atoms with E-state index in [1.807, 2.05) is 26.0 Å². The lowest BCUT2D eigenvalue weighted by molar-refractivity contribution is 0.102. The first-order valence-electron chi connectivity index (χ1n) is 7.18. The molecule has 2 aromatic rings. The van der Waals surface area contributed by atoms with E-state index in [9.17, 15) is 4.79 Å². The highest BCUT2D eigenvalue weighted by atomic mass is 16.5. The third-order valence-electron chi connectivity index (χ3n) is 3.41. The van der Waals surface area contributed by atoms with Crippen molar-refractivity contribution in [3.05, 3.63) is 47.0 Å². The van der Waals surface area contributed by atoms with E-state index in [4.69, 9.17) is 14.2 Å². The highest BCUT2D eigenvalue weighted by molar-refractivity contribution is 6.05. The molecular weight excluding hydrogens is 294 g/mol. The first-order chi connectivity index (χ1) is 11.0. The molecule has 0 spiro atoms. The third-order valence-corrected chi connectivity index (χ3v) is 3.41. The van der Waals surface area contributed by atoms with E-state index >= 15 is 0 Å². The predicted octanol–water partition coefficient (Wildman–Crippen LogP) is 3.58. The number of carbonyl (C=O) groups is 1. The van der Waals surface area contributed by atoms with Gasteiger partial charge in [-0.25, -0.2) is 0 Å². The topological polar surface area (TPSA) is 56.8 Å². The standard InChI is InChI=1S/C18H21NO4/c1-11-6-12(2)8-14(7-11)19-18(20)13-9-15(21-3)17(23-5)16(10-13)22-4/h6-10H,1-5H3,(H,19,20). The van der Waals surface area contributed by atoms with Gasteiger partial charge in [0.1, 0.15) is 0 Å². The Morgan fingerprint density at radius 2 is 1.35 bits per heavy atom. The molecule has 0 radical (unpaired) electrons. The van der Waals surface area contributed by atoms with E-state index in [1.165, 1.54) is 21.3 Å². The van der Waals surface area contributed by atoms with Crippen LogP contribution in [-0.2, 0) is 0 Å². The second-order valence-corrected chi connectivity index (χ2v) is 5.24. The number of amides is 1. The van der Waals surface area contributed by atoms with Crippen molar-refractivity contribution in [1.29, 1.82) is 0 Å². The van der Waals surface area contributed by atoms with Gasteiger partial charge in [-0.05, 0) is 49.2 Å². The molecule has 23 heavy (non-hydrogen) atoms. The van der Waals surface area contributed by atoms with Gasteiger partial charge in [-0.2, -0.15) is 0 Å². The number of carbonyl (C=O) groups excluding carboxylic acids is 1. The maximum atomic E-state index is 12.5. The van der Waals surface area contributed by atoms with Crippen LogP contribution in [0.3, 0.4) is 0 Å². The van der Waals surface area contributed by atoms with E-state index in [2.05, 4.69) is 11.4 Å². The van der Waals surface area contributed by atoms with Crippen LogP contribution >= 0.6 is 0 Å². The van der Waals surface area contributed by atoms with Gasteiger partial charge < -0.3 is 19.5 Å². The summed E-state index contributed by atoms with van der Waals surface area (Å²) >= 11 is 0. The van der Waals surface area contributed by atoms with Crippen molar-refractivity contribution in [2.75, 3.05) is 26.6 Å². The summed E-state index contributed by atoms with van der Waals surface area (Å²) in [5, 5.41) is 2.89. The average Bonchev–Trinajstić information content (AvgIpc) is 2.52. The summed E-state index contributed by atoms with van der Waals surface area (Å²) in [7, 11) is 4.56. The summed E-state index contributed by atoms with van der Waals surface area (Å²) in [6, 6.07) is 9.14. The molecule has 0 unspecified atom stereocenters. The van der Waals surface area contributed by atoms with E-state index in [0.717, 1.165) is 16.8 Å². The van der Waals surface area contributed by atoms with E-state index in [-0.39, 0.29) is 5.91 Å². The van der Waals surface area contributed by atoms with Gasteiger partial charge in [-0.3, -0.25) is 4.79 Å². The van der Waals surface area contributed by atoms with Gasteiger partial charge in [-0.1, -0.05) is 6.07 Å². The number of hydrogen-bond acceptors (Lipinski definition) is 4. The number of aryl methyl sites for hydroxylation is 2. The molecule has 0 bridgehead atoms. The van der Waals surface area contributed by atoms with Crippen molar-refractivity contribution in [2.45, 2.75) is 13.8 Å². The van der Waals surface area contributed by atoms with Gasteiger partial charge in [-0.15, -0.1) is 0 Å². The molecular formula is C18H21NO4. The van der Waals surface area contributed by atoms with Crippen LogP contribution < -0.4 is 19.5 Å². The summed E-state index contributed by atoms with van der Waals surface area (Å²) in [6.45, 7) is 3.98. The quantitative estimate of drug-likeness (QED) is 0.916. The first-order valence-corrected chi connectivity index (χ1v) is 7.18. The third kappa shape index (κ3) is 3.74. The molecule has 0 atom stereocenters. The van der Waals surface area contributed by atoms with Gasteiger partial charge in [0, 0.05) is 11.3 Å². The summed E-state index contributed by atoms with van der Waals surface area (Å²) in [5.74, 6) is 1.10. The Morgan fingerprint density at radius 3 is 1.78 bits per heavy atom. The van der Waals surface area contributed by atoms with Crippen molar-refractivity contribution in [1.82, 2.24) is 0 Å². The molecule has 2 rings (SSSR count). The van der Waals surface area contributed by atoms with E-state index < -0.39 is 0 Å². The van der Waals surface area contributed by atoms with Crippen LogP contribution in [0.15, 0.2) is 30.3 Å². The maximum absolute atomic E-state index is 12.5. The van der Waals surface area contributed by atoms with E-state index in [0.29, 0.717) is 22.8 Å². The maximum Gasteiger partial charge on any atom is 0.255 e. The van der Waals surface area contributed by atoms with Gasteiger partial charge in [0.2, 0.25) is 5.75 Å². The fourth-order valence-corrected chi connectivity index (χ4v) is 2.46. The van der Waals surface area contributed by atoms with Gasteiger partial charge in [0.15, 0.2) is 11.5 Å². The zero-order valence-electron chi connectivity index (χ0n) is 14.0. The van der Waals surface area contributed by atoms with Crippen LogP contribution in [0.5, 0.6) is 17.2 Å². The Morgan fingerprint density at radius 1 is 0.826 bits per heavy atom. The minimum atomic E-state index is -0.241. The second-order valence-electron chi connectivity index (χ2n) is 5.24. The summed E-state index contributed by atoms with van der Waals surface area (Å²) in [6.07, 6.45) is 0. The molecule has 0 aromatic heterocycles. The average molecular weight is 315 g/mol. The summed E-state index contributed by atoms with van der Waals surface area (Å²) in [5.41, 5.74) is 3.36. The number of nitrogens with one attached hydrogen (secondary N) is 1. The van der Waals surface area contributed by atoms with Gasteiger partial charge in [0.05, 0.1) is 21.3 Å². The summed E-state index contributed by atoms with van der Waals surface area (Å²) < 4.78 is 15.8. The highest BCUT2D eigenvalue weighted by Gasteiger charge is 2.17. The number of ether oxygens (including phenoxy) is 3. The van der Waals surface area contributed by atoms with Gasteiger partial charge >= 0.3 is 0 Å². The number of hydrogen-bond donors (Lipinski definition) is 1. The van der Waals surface area contributed by atoms with Crippen LogP contribution in [-0.4, -0.2) is 27.2 Å². The number of methoxy groups -OCH3 is 3. The lowest BCUT2D eigenvalue weighted by Crippen LogP contribution is -2.13. The van der Waals surface area contributed by atoms with Crippen molar-refractivity contribution in [3.63, 3.8) is 0 Å². The lowest BCUT2D eigenvalue weighted by Gasteiger charge is -2.14. The fourth-order valence-electron chi connectivity index (χ4n) is 2.46. The first kappa shape index (κ1) is 16.7. The molecule has 0 saturated carbocycles. The van der Waals surface area contributed by atoms with Crippen LogP contribution in [0.25, 0.3) is 0 Å². The summed E-state index contributed by atoms with van der Waals surface area (Å²) in [4.78, 5) is 12.5. The SMILES string of the molecule is COc1cc(C(=O)Nc2cc(C)cc(C)c2)cc(OC)c1OC. The molecule has 0 fully saturated rings. The monoisotopic (exact) mass is 315 g/mol. The van der Waals surface area contributed by atoms with Crippen molar-refractivity contribution in [2.24, 2.45) is 0 Å². The van der Waals surface area contributed by atoms with Crippen LogP contribution in [0, 0.1) is 13.8 Å². The van der Waals surface area contributed by atoms with Crippen molar-refractivity contribution >= 4 is 11.6 Å². The zero-order valence-corrected chi connectivity index (χ0v) is 14.0. The van der Waals surface area contributed by atoms with Crippen molar-refractivity contribution in [3.8, 4) is 17.2 Å². The smallest absolute Gasteiger partial charge is 0.255 e. The molecule has 1 amide bonds. The number of rotatable bonds is 5. The molecule has 0 heterocycles. The molecule has 0 aliphatic carbocycles. The molecule has 5 nitrogen and oxygen atoms in total. The fraction of sp³-hybridized carbons (Fsp3) is 0.278. The molecule has 2 aromatic carbocycles. The van der Waals surface area contributed by atoms with Gasteiger partial charge in [0.25, 0.3) is 5.91 Å². The molecule has 5 heteroatoms. The Labute approximate surface area is 136 Å².